The standard InChI is InChI=1S/C20H18O5/c1-13(2)24-19(21)12-23-15-8-9-16-17(11-15)25-18(20(16)22)10-14-6-4-3-5-7-14/h3-11,13H,12H2,1-2H3/b18-10+. The molecule has 128 valence electrons. The number of allylic oxidation sites excluding steroid dienone is 1. The molecule has 3 rings (SSSR count). The number of carbonyl (C=O) groups excluding carboxylic acids is 2. The van der Waals surface area contributed by atoms with E-state index in [1.807, 2.05) is 30.3 Å². The van der Waals surface area contributed by atoms with Gasteiger partial charge in [0.1, 0.15) is 11.5 Å². The summed E-state index contributed by atoms with van der Waals surface area (Å²) in [6.07, 6.45) is 1.51. The van der Waals surface area contributed by atoms with Gasteiger partial charge in [0.05, 0.1) is 11.7 Å². The first-order valence-electron chi connectivity index (χ1n) is 7.98. The van der Waals surface area contributed by atoms with Crippen LogP contribution in [-0.2, 0) is 9.53 Å². The van der Waals surface area contributed by atoms with E-state index in [-0.39, 0.29) is 24.3 Å². The topological polar surface area (TPSA) is 61.8 Å². The summed E-state index contributed by atoms with van der Waals surface area (Å²) in [5.74, 6) is 0.495. The van der Waals surface area contributed by atoms with Gasteiger partial charge in [0.25, 0.3) is 0 Å². The zero-order valence-corrected chi connectivity index (χ0v) is 14.0. The van der Waals surface area contributed by atoms with Crippen LogP contribution in [0, 0.1) is 0 Å². The van der Waals surface area contributed by atoms with Gasteiger partial charge in [-0.2, -0.15) is 0 Å². The van der Waals surface area contributed by atoms with Crippen LogP contribution in [0.15, 0.2) is 54.3 Å². The largest absolute Gasteiger partial charge is 0.482 e. The minimum atomic E-state index is -0.447. The third-order valence-electron chi connectivity index (χ3n) is 3.46. The Hall–Kier alpha value is -3.08. The number of ether oxygens (including phenoxy) is 3. The number of Topliss-reactive ketones (excluding diaryl/α,β-unsaturated/α-hetero) is 1. The van der Waals surface area contributed by atoms with Crippen molar-refractivity contribution < 1.29 is 23.8 Å². The number of esters is 1. The molecular weight excluding hydrogens is 320 g/mol. The number of ketones is 1. The van der Waals surface area contributed by atoms with Crippen LogP contribution >= 0.6 is 0 Å². The minimum absolute atomic E-state index is 0.176. The van der Waals surface area contributed by atoms with Crippen molar-refractivity contribution in [3.63, 3.8) is 0 Å². The molecule has 0 radical (unpaired) electrons. The molecular formula is C20H18O5. The fraction of sp³-hybridized carbons (Fsp3) is 0.200. The lowest BCUT2D eigenvalue weighted by molar-refractivity contribution is -0.149. The lowest BCUT2D eigenvalue weighted by Crippen LogP contribution is -2.18. The van der Waals surface area contributed by atoms with Crippen LogP contribution in [-0.4, -0.2) is 24.5 Å². The van der Waals surface area contributed by atoms with E-state index >= 15 is 0 Å². The number of fused-ring (bicyclic) bond motifs is 1. The molecule has 0 atom stereocenters. The molecule has 0 fully saturated rings. The van der Waals surface area contributed by atoms with E-state index < -0.39 is 5.97 Å². The Balaban J connectivity index is 1.71. The summed E-state index contributed by atoms with van der Waals surface area (Å²) >= 11 is 0. The van der Waals surface area contributed by atoms with E-state index in [2.05, 4.69) is 0 Å². The molecule has 2 aromatic rings. The average molecular weight is 338 g/mol. The highest BCUT2D eigenvalue weighted by Gasteiger charge is 2.27. The van der Waals surface area contributed by atoms with E-state index in [4.69, 9.17) is 14.2 Å². The van der Waals surface area contributed by atoms with E-state index in [0.29, 0.717) is 17.1 Å². The molecule has 0 saturated carbocycles. The van der Waals surface area contributed by atoms with Crippen LogP contribution in [0.25, 0.3) is 6.08 Å². The smallest absolute Gasteiger partial charge is 0.344 e. The normalized spacial score (nSPS) is 14.4. The summed E-state index contributed by atoms with van der Waals surface area (Å²) in [6, 6.07) is 14.3. The number of benzene rings is 2. The van der Waals surface area contributed by atoms with Crippen LogP contribution in [0.4, 0.5) is 0 Å². The van der Waals surface area contributed by atoms with Crippen molar-refractivity contribution in [3.05, 3.63) is 65.4 Å². The molecule has 0 unspecified atom stereocenters. The summed E-state index contributed by atoms with van der Waals surface area (Å²) in [5.41, 5.74) is 1.35. The summed E-state index contributed by atoms with van der Waals surface area (Å²) in [5, 5.41) is 0. The fourth-order valence-corrected chi connectivity index (χ4v) is 2.40. The van der Waals surface area contributed by atoms with Gasteiger partial charge >= 0.3 is 5.97 Å². The fourth-order valence-electron chi connectivity index (χ4n) is 2.40. The van der Waals surface area contributed by atoms with E-state index in [1.165, 1.54) is 0 Å². The highest BCUT2D eigenvalue weighted by Crippen LogP contribution is 2.34. The molecule has 0 amide bonds. The van der Waals surface area contributed by atoms with E-state index in [0.717, 1.165) is 5.56 Å². The van der Waals surface area contributed by atoms with Gasteiger partial charge in [0.2, 0.25) is 5.78 Å². The lowest BCUT2D eigenvalue weighted by Gasteiger charge is -2.09. The van der Waals surface area contributed by atoms with Crippen molar-refractivity contribution in [3.8, 4) is 11.5 Å². The Morgan fingerprint density at radius 1 is 1.16 bits per heavy atom. The molecule has 0 bridgehead atoms. The number of rotatable bonds is 5. The second-order valence-electron chi connectivity index (χ2n) is 5.84. The summed E-state index contributed by atoms with van der Waals surface area (Å²) in [7, 11) is 0. The molecule has 0 N–H and O–H groups in total. The molecule has 0 aromatic heterocycles. The van der Waals surface area contributed by atoms with Crippen molar-refractivity contribution in [2.45, 2.75) is 20.0 Å². The van der Waals surface area contributed by atoms with Gasteiger partial charge in [-0.15, -0.1) is 0 Å². The van der Waals surface area contributed by atoms with Crippen molar-refractivity contribution >= 4 is 17.8 Å². The summed E-state index contributed by atoms with van der Waals surface area (Å²) < 4.78 is 16.1. The van der Waals surface area contributed by atoms with Gasteiger partial charge in [-0.3, -0.25) is 4.79 Å². The molecule has 1 aliphatic heterocycles. The van der Waals surface area contributed by atoms with Gasteiger partial charge in [-0.1, -0.05) is 30.3 Å². The van der Waals surface area contributed by atoms with E-state index in [9.17, 15) is 9.59 Å². The second-order valence-corrected chi connectivity index (χ2v) is 5.84. The average Bonchev–Trinajstić information content (AvgIpc) is 2.89. The predicted octanol–water partition coefficient (Wildman–Crippen LogP) is 3.63. The zero-order chi connectivity index (χ0) is 17.8. The molecule has 25 heavy (non-hydrogen) atoms. The minimum Gasteiger partial charge on any atom is -0.482 e. The molecule has 2 aromatic carbocycles. The van der Waals surface area contributed by atoms with Gasteiger partial charge < -0.3 is 14.2 Å². The van der Waals surface area contributed by atoms with Gasteiger partial charge in [0, 0.05) is 6.07 Å². The molecule has 0 saturated heterocycles. The predicted molar refractivity (Wildman–Crippen MR) is 92.5 cm³/mol. The third-order valence-corrected chi connectivity index (χ3v) is 3.46. The third kappa shape index (κ3) is 4.07. The van der Waals surface area contributed by atoms with E-state index in [1.54, 1.807) is 38.1 Å². The highest BCUT2D eigenvalue weighted by atomic mass is 16.6. The van der Waals surface area contributed by atoms with Crippen molar-refractivity contribution in [2.24, 2.45) is 0 Å². The highest BCUT2D eigenvalue weighted by molar-refractivity contribution is 6.14. The molecule has 5 nitrogen and oxygen atoms in total. The quantitative estimate of drug-likeness (QED) is 0.615. The molecule has 5 heteroatoms. The first kappa shape index (κ1) is 16.8. The molecule has 0 aliphatic carbocycles. The number of carbonyl (C=O) groups is 2. The zero-order valence-electron chi connectivity index (χ0n) is 14.0. The van der Waals surface area contributed by atoms with Crippen molar-refractivity contribution in [1.29, 1.82) is 0 Å². The molecule has 0 spiro atoms. The Morgan fingerprint density at radius 2 is 1.92 bits per heavy atom. The Labute approximate surface area is 145 Å². The first-order valence-corrected chi connectivity index (χ1v) is 7.98. The molecule has 1 heterocycles. The maximum atomic E-state index is 12.4. The maximum Gasteiger partial charge on any atom is 0.344 e. The van der Waals surface area contributed by atoms with Crippen molar-refractivity contribution in [2.75, 3.05) is 6.61 Å². The van der Waals surface area contributed by atoms with Gasteiger partial charge in [-0.25, -0.2) is 4.79 Å². The van der Waals surface area contributed by atoms with Gasteiger partial charge in [0.15, 0.2) is 12.4 Å². The SMILES string of the molecule is CC(C)OC(=O)COc1ccc2c(c1)O/C(=C/c1ccccc1)C2=O. The van der Waals surface area contributed by atoms with Crippen LogP contribution < -0.4 is 9.47 Å². The molecule has 1 aliphatic rings. The summed E-state index contributed by atoms with van der Waals surface area (Å²) in [4.78, 5) is 23.9. The van der Waals surface area contributed by atoms with Crippen LogP contribution in [0.1, 0.15) is 29.8 Å². The van der Waals surface area contributed by atoms with Crippen molar-refractivity contribution in [1.82, 2.24) is 0 Å². The number of hydrogen-bond acceptors (Lipinski definition) is 5. The Morgan fingerprint density at radius 3 is 2.64 bits per heavy atom. The van der Waals surface area contributed by atoms with Crippen LogP contribution in [0.2, 0.25) is 0 Å². The number of hydrogen-bond donors (Lipinski definition) is 0. The monoisotopic (exact) mass is 338 g/mol. The van der Waals surface area contributed by atoms with Gasteiger partial charge in [-0.05, 0) is 37.6 Å². The Kier molecular flexibility index (Phi) is 4.84. The van der Waals surface area contributed by atoms with Crippen LogP contribution in [0.5, 0.6) is 11.5 Å². The lowest BCUT2D eigenvalue weighted by atomic mass is 10.1. The summed E-state index contributed by atoms with van der Waals surface area (Å²) in [6.45, 7) is 3.35. The van der Waals surface area contributed by atoms with Crippen LogP contribution in [0.3, 0.4) is 0 Å². The second kappa shape index (κ2) is 7.21. The first-order chi connectivity index (χ1) is 12.0. The Bertz CT molecular complexity index is 821. The maximum absolute atomic E-state index is 12.4.